The average molecular weight is 255 g/mol. The van der Waals surface area contributed by atoms with Crippen molar-refractivity contribution >= 4 is 17.3 Å². The molecule has 0 aromatic heterocycles. The van der Waals surface area contributed by atoms with Gasteiger partial charge in [0.1, 0.15) is 0 Å². The number of benzene rings is 1. The predicted molar refractivity (Wildman–Crippen MR) is 64.6 cm³/mol. The molecule has 0 unspecified atom stereocenters. The summed E-state index contributed by atoms with van der Waals surface area (Å²) in [7, 11) is 0. The SMILES string of the molecule is CC(C)(N)CC(=O)Nc1ccc([N+](=O)[O-])c(F)c1. The van der Waals surface area contributed by atoms with E-state index in [1.165, 1.54) is 6.07 Å². The van der Waals surface area contributed by atoms with Crippen LogP contribution in [0.1, 0.15) is 20.3 Å². The molecule has 0 aliphatic heterocycles. The zero-order chi connectivity index (χ0) is 13.9. The van der Waals surface area contributed by atoms with Crippen LogP contribution in [0.15, 0.2) is 18.2 Å². The second kappa shape index (κ2) is 5.09. The maximum Gasteiger partial charge on any atom is 0.304 e. The van der Waals surface area contributed by atoms with Gasteiger partial charge < -0.3 is 11.1 Å². The van der Waals surface area contributed by atoms with Gasteiger partial charge in [-0.1, -0.05) is 0 Å². The Morgan fingerprint density at radius 2 is 2.17 bits per heavy atom. The molecule has 6 nitrogen and oxygen atoms in total. The Morgan fingerprint density at radius 3 is 2.61 bits per heavy atom. The molecule has 98 valence electrons. The van der Waals surface area contributed by atoms with Gasteiger partial charge in [0.15, 0.2) is 0 Å². The number of halogens is 1. The van der Waals surface area contributed by atoms with Crippen LogP contribution >= 0.6 is 0 Å². The van der Waals surface area contributed by atoms with Gasteiger partial charge in [-0.2, -0.15) is 4.39 Å². The summed E-state index contributed by atoms with van der Waals surface area (Å²) in [6, 6.07) is 3.17. The van der Waals surface area contributed by atoms with Crippen molar-refractivity contribution in [3.63, 3.8) is 0 Å². The predicted octanol–water partition coefficient (Wildman–Crippen LogP) is 1.80. The first kappa shape index (κ1) is 14.0. The first-order valence-corrected chi connectivity index (χ1v) is 5.22. The number of amides is 1. The van der Waals surface area contributed by atoms with E-state index < -0.39 is 22.0 Å². The smallest absolute Gasteiger partial charge is 0.304 e. The molecule has 3 N–H and O–H groups in total. The lowest BCUT2D eigenvalue weighted by molar-refractivity contribution is -0.387. The Morgan fingerprint density at radius 1 is 1.56 bits per heavy atom. The number of anilines is 1. The van der Waals surface area contributed by atoms with E-state index in [1.54, 1.807) is 13.8 Å². The molecule has 0 heterocycles. The van der Waals surface area contributed by atoms with Crippen LogP contribution < -0.4 is 11.1 Å². The van der Waals surface area contributed by atoms with Crippen LogP contribution in [0.3, 0.4) is 0 Å². The minimum atomic E-state index is -0.996. The number of carbonyl (C=O) groups is 1. The number of hydrogen-bond acceptors (Lipinski definition) is 4. The third kappa shape index (κ3) is 4.10. The van der Waals surface area contributed by atoms with Crippen LogP contribution in [0.5, 0.6) is 0 Å². The lowest BCUT2D eigenvalue weighted by atomic mass is 10.0. The molecule has 1 aromatic carbocycles. The normalized spacial score (nSPS) is 11.1. The Hall–Kier alpha value is -2.02. The fraction of sp³-hybridized carbons (Fsp3) is 0.364. The Bertz CT molecular complexity index is 483. The lowest BCUT2D eigenvalue weighted by Crippen LogP contribution is -2.36. The summed E-state index contributed by atoms with van der Waals surface area (Å²) in [5, 5.41) is 12.8. The van der Waals surface area contributed by atoms with Crippen molar-refractivity contribution in [1.29, 1.82) is 0 Å². The van der Waals surface area contributed by atoms with Crippen molar-refractivity contribution in [3.05, 3.63) is 34.1 Å². The van der Waals surface area contributed by atoms with Gasteiger partial charge in [-0.25, -0.2) is 0 Å². The van der Waals surface area contributed by atoms with Crippen molar-refractivity contribution in [2.24, 2.45) is 5.73 Å². The summed E-state index contributed by atoms with van der Waals surface area (Å²) in [6.07, 6.45) is 0.0611. The van der Waals surface area contributed by atoms with E-state index in [0.29, 0.717) is 0 Å². The molecule has 1 amide bonds. The van der Waals surface area contributed by atoms with Gasteiger partial charge in [-0.3, -0.25) is 14.9 Å². The topological polar surface area (TPSA) is 98.3 Å². The molecule has 1 rings (SSSR count). The van der Waals surface area contributed by atoms with Crippen LogP contribution in [0.25, 0.3) is 0 Å². The molecule has 0 bridgehead atoms. The largest absolute Gasteiger partial charge is 0.326 e. The molecular weight excluding hydrogens is 241 g/mol. The van der Waals surface area contributed by atoms with E-state index in [9.17, 15) is 19.3 Å². The molecule has 18 heavy (non-hydrogen) atoms. The van der Waals surface area contributed by atoms with Gasteiger partial charge in [0.25, 0.3) is 0 Å². The summed E-state index contributed by atoms with van der Waals surface area (Å²) in [5.41, 5.74) is 4.51. The van der Waals surface area contributed by atoms with Crippen LogP contribution in [-0.2, 0) is 4.79 Å². The first-order valence-electron chi connectivity index (χ1n) is 5.22. The minimum Gasteiger partial charge on any atom is -0.326 e. The Labute approximate surface area is 103 Å². The summed E-state index contributed by atoms with van der Waals surface area (Å²) in [6.45, 7) is 3.37. The lowest BCUT2D eigenvalue weighted by Gasteiger charge is -2.17. The van der Waals surface area contributed by atoms with Crippen molar-refractivity contribution < 1.29 is 14.1 Å². The monoisotopic (exact) mass is 255 g/mol. The summed E-state index contributed by atoms with van der Waals surface area (Å²) in [4.78, 5) is 21.1. The summed E-state index contributed by atoms with van der Waals surface area (Å²) < 4.78 is 13.3. The highest BCUT2D eigenvalue weighted by Crippen LogP contribution is 2.21. The highest BCUT2D eigenvalue weighted by Gasteiger charge is 2.18. The van der Waals surface area contributed by atoms with E-state index in [0.717, 1.165) is 12.1 Å². The van der Waals surface area contributed by atoms with Crippen molar-refractivity contribution in [2.45, 2.75) is 25.8 Å². The number of nitrogens with two attached hydrogens (primary N) is 1. The number of nitro groups is 1. The second-order valence-electron chi connectivity index (χ2n) is 4.64. The van der Waals surface area contributed by atoms with Gasteiger partial charge in [0.2, 0.25) is 11.7 Å². The number of nitro benzene ring substituents is 1. The molecule has 0 saturated carbocycles. The molecule has 0 saturated heterocycles. The van der Waals surface area contributed by atoms with Crippen LogP contribution in [-0.4, -0.2) is 16.4 Å². The van der Waals surface area contributed by atoms with Crippen molar-refractivity contribution in [3.8, 4) is 0 Å². The number of nitrogens with one attached hydrogen (secondary N) is 1. The highest BCUT2D eigenvalue weighted by atomic mass is 19.1. The Balaban J connectivity index is 2.78. The van der Waals surface area contributed by atoms with Gasteiger partial charge in [0.05, 0.1) is 4.92 Å². The van der Waals surface area contributed by atoms with Crippen molar-refractivity contribution in [1.82, 2.24) is 0 Å². The molecule has 0 spiro atoms. The average Bonchev–Trinajstić information content (AvgIpc) is 2.13. The first-order chi connectivity index (χ1) is 8.19. The van der Waals surface area contributed by atoms with Crippen LogP contribution in [0.4, 0.5) is 15.8 Å². The van der Waals surface area contributed by atoms with E-state index in [1.807, 2.05) is 0 Å². The van der Waals surface area contributed by atoms with Gasteiger partial charge >= 0.3 is 5.69 Å². The van der Waals surface area contributed by atoms with E-state index in [-0.39, 0.29) is 18.0 Å². The highest BCUT2D eigenvalue weighted by molar-refractivity contribution is 5.91. The number of nitrogens with zero attached hydrogens (tertiary/aromatic N) is 1. The summed E-state index contributed by atoms with van der Waals surface area (Å²) in [5.74, 6) is -1.37. The zero-order valence-electron chi connectivity index (χ0n) is 10.1. The molecule has 0 radical (unpaired) electrons. The van der Waals surface area contributed by atoms with Gasteiger partial charge in [-0.15, -0.1) is 0 Å². The molecule has 0 aliphatic rings. The maximum absolute atomic E-state index is 13.3. The van der Waals surface area contributed by atoms with Gasteiger partial charge in [0, 0.05) is 29.8 Å². The second-order valence-corrected chi connectivity index (χ2v) is 4.64. The molecule has 0 fully saturated rings. The quantitative estimate of drug-likeness (QED) is 0.633. The van der Waals surface area contributed by atoms with E-state index in [2.05, 4.69) is 5.32 Å². The zero-order valence-corrected chi connectivity index (χ0v) is 10.1. The Kier molecular flexibility index (Phi) is 3.97. The number of rotatable bonds is 4. The number of carbonyl (C=O) groups excluding carboxylic acids is 1. The molecule has 7 heteroatoms. The van der Waals surface area contributed by atoms with Crippen LogP contribution in [0, 0.1) is 15.9 Å². The fourth-order valence-electron chi connectivity index (χ4n) is 1.35. The van der Waals surface area contributed by atoms with E-state index >= 15 is 0 Å². The standard InChI is InChI=1S/C11H14FN3O3/c1-11(2,13)6-10(16)14-7-3-4-9(15(17)18)8(12)5-7/h3-5H,6,13H2,1-2H3,(H,14,16). The molecule has 1 aromatic rings. The maximum atomic E-state index is 13.3. The van der Waals surface area contributed by atoms with E-state index in [4.69, 9.17) is 5.73 Å². The fourth-order valence-corrected chi connectivity index (χ4v) is 1.35. The molecule has 0 atom stereocenters. The van der Waals surface area contributed by atoms with Crippen molar-refractivity contribution in [2.75, 3.05) is 5.32 Å². The minimum absolute atomic E-state index is 0.0611. The van der Waals surface area contributed by atoms with Crippen LogP contribution in [0.2, 0.25) is 0 Å². The molecule has 0 aliphatic carbocycles. The molecular formula is C11H14FN3O3. The number of hydrogen-bond donors (Lipinski definition) is 2. The summed E-state index contributed by atoms with van der Waals surface area (Å²) >= 11 is 0. The third-order valence-electron chi connectivity index (χ3n) is 2.04. The van der Waals surface area contributed by atoms with Gasteiger partial charge in [-0.05, 0) is 19.9 Å². The third-order valence-corrected chi connectivity index (χ3v) is 2.04.